The van der Waals surface area contributed by atoms with Gasteiger partial charge in [-0.2, -0.15) is 0 Å². The lowest BCUT2D eigenvalue weighted by Crippen LogP contribution is -2.47. The number of aryl methyl sites for hydroxylation is 1. The minimum atomic E-state index is -0.0214. The van der Waals surface area contributed by atoms with Crippen LogP contribution >= 0.6 is 0 Å². The van der Waals surface area contributed by atoms with Gasteiger partial charge in [-0.05, 0) is 37.0 Å². The number of nitrogen functional groups attached to an aromatic ring is 1. The molecule has 2 amide bonds. The maximum atomic E-state index is 11.6. The number of rotatable bonds is 6. The maximum absolute atomic E-state index is 11.6. The Labute approximate surface area is 113 Å². The first-order valence-corrected chi connectivity index (χ1v) is 6.84. The standard InChI is InChI=1S/C15H20N2O2/c16-13-8-6-12(7-9-13)4-2-1-3-5-14(18)17-11-10-15(17)19/h6-9H,1-5,10-11,16H2. The minimum Gasteiger partial charge on any atom is -0.399 e. The smallest absolute Gasteiger partial charge is 0.230 e. The molecule has 0 atom stereocenters. The van der Waals surface area contributed by atoms with Crippen molar-refractivity contribution in [3.05, 3.63) is 29.8 Å². The number of imide groups is 1. The summed E-state index contributed by atoms with van der Waals surface area (Å²) in [4.78, 5) is 24.0. The molecule has 1 aromatic rings. The molecule has 2 N–H and O–H groups in total. The van der Waals surface area contributed by atoms with Crippen molar-refractivity contribution in [1.82, 2.24) is 4.90 Å². The fourth-order valence-electron chi connectivity index (χ4n) is 2.18. The number of amides is 2. The molecule has 1 aliphatic heterocycles. The Bertz CT molecular complexity index is 454. The average molecular weight is 260 g/mol. The number of likely N-dealkylation sites (tertiary alicyclic amines) is 1. The van der Waals surface area contributed by atoms with Gasteiger partial charge in [0.15, 0.2) is 0 Å². The number of anilines is 1. The molecule has 0 spiro atoms. The maximum Gasteiger partial charge on any atom is 0.230 e. The van der Waals surface area contributed by atoms with Gasteiger partial charge in [0, 0.05) is 25.1 Å². The second kappa shape index (κ2) is 6.36. The van der Waals surface area contributed by atoms with E-state index in [0.29, 0.717) is 19.4 Å². The van der Waals surface area contributed by atoms with E-state index in [0.717, 1.165) is 31.4 Å². The van der Waals surface area contributed by atoms with Crippen LogP contribution in [0.25, 0.3) is 0 Å². The van der Waals surface area contributed by atoms with Crippen molar-refractivity contribution < 1.29 is 9.59 Å². The molecule has 19 heavy (non-hydrogen) atoms. The molecule has 0 aromatic heterocycles. The SMILES string of the molecule is Nc1ccc(CCCCCC(=O)N2CCC2=O)cc1. The fourth-order valence-corrected chi connectivity index (χ4v) is 2.18. The highest BCUT2D eigenvalue weighted by Gasteiger charge is 2.28. The molecule has 0 aliphatic carbocycles. The van der Waals surface area contributed by atoms with Gasteiger partial charge in [0.1, 0.15) is 0 Å². The van der Waals surface area contributed by atoms with Crippen molar-refractivity contribution >= 4 is 17.5 Å². The molecule has 4 nitrogen and oxygen atoms in total. The number of hydrogen-bond acceptors (Lipinski definition) is 3. The van der Waals surface area contributed by atoms with Crippen LogP contribution in [-0.4, -0.2) is 23.3 Å². The van der Waals surface area contributed by atoms with Gasteiger partial charge in [-0.15, -0.1) is 0 Å². The summed E-state index contributed by atoms with van der Waals surface area (Å²) in [5, 5.41) is 0. The lowest BCUT2D eigenvalue weighted by molar-refractivity contribution is -0.152. The molecule has 1 aliphatic rings. The highest BCUT2D eigenvalue weighted by Crippen LogP contribution is 2.14. The van der Waals surface area contributed by atoms with Crippen LogP contribution in [0.5, 0.6) is 0 Å². The summed E-state index contributed by atoms with van der Waals surface area (Å²) >= 11 is 0. The predicted molar refractivity (Wildman–Crippen MR) is 74.4 cm³/mol. The summed E-state index contributed by atoms with van der Waals surface area (Å²) in [5.41, 5.74) is 7.69. The summed E-state index contributed by atoms with van der Waals surface area (Å²) in [5.74, 6) is -0.0318. The summed E-state index contributed by atoms with van der Waals surface area (Å²) in [6.45, 7) is 0.614. The fraction of sp³-hybridized carbons (Fsp3) is 0.467. The number of nitrogens with two attached hydrogens (primary N) is 1. The quantitative estimate of drug-likeness (QED) is 0.484. The first-order valence-electron chi connectivity index (χ1n) is 6.84. The van der Waals surface area contributed by atoms with Crippen molar-refractivity contribution in [1.29, 1.82) is 0 Å². The van der Waals surface area contributed by atoms with Gasteiger partial charge in [-0.25, -0.2) is 0 Å². The monoisotopic (exact) mass is 260 g/mol. The van der Waals surface area contributed by atoms with Gasteiger partial charge in [-0.3, -0.25) is 14.5 Å². The van der Waals surface area contributed by atoms with Crippen LogP contribution in [0.2, 0.25) is 0 Å². The van der Waals surface area contributed by atoms with Crippen molar-refractivity contribution in [2.75, 3.05) is 12.3 Å². The summed E-state index contributed by atoms with van der Waals surface area (Å²) in [6.07, 6.45) is 4.97. The number of hydrogen-bond donors (Lipinski definition) is 1. The van der Waals surface area contributed by atoms with E-state index in [1.807, 2.05) is 24.3 Å². The number of benzene rings is 1. The van der Waals surface area contributed by atoms with Crippen molar-refractivity contribution in [2.24, 2.45) is 0 Å². The molecule has 1 fully saturated rings. The number of unbranched alkanes of at least 4 members (excludes halogenated alkanes) is 2. The molecule has 1 aromatic carbocycles. The van der Waals surface area contributed by atoms with Crippen LogP contribution in [0.1, 0.15) is 37.7 Å². The van der Waals surface area contributed by atoms with Crippen LogP contribution in [-0.2, 0) is 16.0 Å². The van der Waals surface area contributed by atoms with Gasteiger partial charge < -0.3 is 5.73 Å². The van der Waals surface area contributed by atoms with Crippen LogP contribution in [0.15, 0.2) is 24.3 Å². The zero-order valence-electron chi connectivity index (χ0n) is 11.1. The average Bonchev–Trinajstić information content (AvgIpc) is 2.38. The molecule has 0 bridgehead atoms. The van der Waals surface area contributed by atoms with Gasteiger partial charge in [-0.1, -0.05) is 18.6 Å². The van der Waals surface area contributed by atoms with Crippen LogP contribution in [0, 0.1) is 0 Å². The molecule has 2 rings (SSSR count). The number of β-lactam (4-membered cyclic amide) rings is 1. The second-order valence-electron chi connectivity index (χ2n) is 4.99. The molecule has 102 valence electrons. The lowest BCUT2D eigenvalue weighted by atomic mass is 10.0. The Morgan fingerprint density at radius 3 is 2.47 bits per heavy atom. The molecular formula is C15H20N2O2. The van der Waals surface area contributed by atoms with E-state index in [1.54, 1.807) is 0 Å². The predicted octanol–water partition coefficient (Wildman–Crippen LogP) is 2.13. The third-order valence-corrected chi connectivity index (χ3v) is 3.49. The highest BCUT2D eigenvalue weighted by atomic mass is 16.2. The van der Waals surface area contributed by atoms with E-state index in [1.165, 1.54) is 10.5 Å². The summed E-state index contributed by atoms with van der Waals surface area (Å²) in [6, 6.07) is 7.90. The first kappa shape index (κ1) is 13.6. The second-order valence-corrected chi connectivity index (χ2v) is 4.99. The van der Waals surface area contributed by atoms with Crippen molar-refractivity contribution in [2.45, 2.75) is 38.5 Å². The minimum absolute atomic E-state index is 0.0104. The van der Waals surface area contributed by atoms with E-state index in [2.05, 4.69) is 0 Å². The lowest BCUT2D eigenvalue weighted by Gasteiger charge is -2.28. The third-order valence-electron chi connectivity index (χ3n) is 3.49. The third kappa shape index (κ3) is 3.81. The Morgan fingerprint density at radius 1 is 1.16 bits per heavy atom. The Hall–Kier alpha value is -1.84. The topological polar surface area (TPSA) is 63.4 Å². The molecule has 1 heterocycles. The van der Waals surface area contributed by atoms with E-state index in [9.17, 15) is 9.59 Å². The number of carbonyl (C=O) groups excluding carboxylic acids is 2. The molecule has 0 saturated carbocycles. The zero-order valence-corrected chi connectivity index (χ0v) is 11.1. The number of carbonyl (C=O) groups is 2. The van der Waals surface area contributed by atoms with Crippen LogP contribution < -0.4 is 5.73 Å². The van der Waals surface area contributed by atoms with Crippen molar-refractivity contribution in [3.63, 3.8) is 0 Å². The molecule has 0 unspecified atom stereocenters. The van der Waals surface area contributed by atoms with E-state index in [-0.39, 0.29) is 11.8 Å². The largest absolute Gasteiger partial charge is 0.399 e. The van der Waals surface area contributed by atoms with E-state index >= 15 is 0 Å². The van der Waals surface area contributed by atoms with Gasteiger partial charge >= 0.3 is 0 Å². The Morgan fingerprint density at radius 2 is 1.89 bits per heavy atom. The number of nitrogens with zero attached hydrogens (tertiary/aromatic N) is 1. The molecule has 4 heteroatoms. The molecule has 0 radical (unpaired) electrons. The molecule has 1 saturated heterocycles. The Kier molecular flexibility index (Phi) is 4.55. The summed E-state index contributed by atoms with van der Waals surface area (Å²) < 4.78 is 0. The van der Waals surface area contributed by atoms with Gasteiger partial charge in [0.2, 0.25) is 11.8 Å². The Balaban J connectivity index is 1.58. The molecular weight excluding hydrogens is 240 g/mol. The van der Waals surface area contributed by atoms with Gasteiger partial charge in [0.25, 0.3) is 0 Å². The van der Waals surface area contributed by atoms with Crippen LogP contribution in [0.4, 0.5) is 5.69 Å². The summed E-state index contributed by atoms with van der Waals surface area (Å²) in [7, 11) is 0. The normalized spacial score (nSPS) is 14.3. The first-order chi connectivity index (χ1) is 9.16. The van der Waals surface area contributed by atoms with Crippen molar-refractivity contribution in [3.8, 4) is 0 Å². The zero-order chi connectivity index (χ0) is 13.7. The van der Waals surface area contributed by atoms with Gasteiger partial charge in [0.05, 0.1) is 0 Å². The van der Waals surface area contributed by atoms with Crippen LogP contribution in [0.3, 0.4) is 0 Å². The van der Waals surface area contributed by atoms with E-state index in [4.69, 9.17) is 5.73 Å². The van der Waals surface area contributed by atoms with E-state index < -0.39 is 0 Å². The highest BCUT2D eigenvalue weighted by molar-refractivity contribution is 5.99.